The number of hydrogen-bond donors (Lipinski definition) is 2. The van der Waals surface area contributed by atoms with Gasteiger partial charge in [-0.1, -0.05) is 6.07 Å². The Morgan fingerprint density at radius 3 is 2.94 bits per heavy atom. The molecule has 1 fully saturated rings. The smallest absolute Gasteiger partial charge is 0.0833 e. The van der Waals surface area contributed by atoms with Crippen LogP contribution in [0.4, 0.5) is 0 Å². The maximum Gasteiger partial charge on any atom is 0.0833 e. The van der Waals surface area contributed by atoms with Crippen molar-refractivity contribution in [2.24, 2.45) is 5.92 Å². The van der Waals surface area contributed by atoms with Gasteiger partial charge >= 0.3 is 0 Å². The van der Waals surface area contributed by atoms with Gasteiger partial charge in [0.2, 0.25) is 0 Å². The van der Waals surface area contributed by atoms with E-state index < -0.39 is 5.60 Å². The van der Waals surface area contributed by atoms with Crippen LogP contribution in [0.1, 0.15) is 30.7 Å². The van der Waals surface area contributed by atoms with Crippen molar-refractivity contribution in [2.45, 2.75) is 31.4 Å². The zero-order valence-corrected chi connectivity index (χ0v) is 12.1. The fourth-order valence-electron chi connectivity index (χ4n) is 2.09. The summed E-state index contributed by atoms with van der Waals surface area (Å²) in [7, 11) is 0. The average Bonchev–Trinajstić information content (AvgIpc) is 2.94. The molecule has 0 spiro atoms. The van der Waals surface area contributed by atoms with Crippen LogP contribution in [-0.2, 0) is 0 Å². The van der Waals surface area contributed by atoms with Crippen molar-refractivity contribution in [3.8, 4) is 0 Å². The zero-order chi connectivity index (χ0) is 12.3. The van der Waals surface area contributed by atoms with Gasteiger partial charge in [-0.05, 0) is 43.4 Å². The second kappa shape index (κ2) is 5.74. The molecule has 1 aliphatic rings. The summed E-state index contributed by atoms with van der Waals surface area (Å²) in [6.45, 7) is 2.59. The van der Waals surface area contributed by atoms with Gasteiger partial charge < -0.3 is 10.4 Å². The molecule has 0 bridgehead atoms. The third-order valence-corrected chi connectivity index (χ3v) is 4.97. The third-order valence-electron chi connectivity index (χ3n) is 3.10. The molecule has 96 valence electrons. The summed E-state index contributed by atoms with van der Waals surface area (Å²) < 4.78 is 0. The largest absolute Gasteiger partial charge is 0.388 e. The third kappa shape index (κ3) is 3.98. The lowest BCUT2D eigenvalue weighted by Crippen LogP contribution is -2.41. The van der Waals surface area contributed by atoms with E-state index in [-0.39, 0.29) is 0 Å². The number of aliphatic hydroxyl groups is 1. The maximum absolute atomic E-state index is 10.2. The van der Waals surface area contributed by atoms with E-state index in [1.807, 2.05) is 24.5 Å². The van der Waals surface area contributed by atoms with E-state index in [2.05, 4.69) is 22.8 Å². The molecular weight excluding hydrogens is 250 g/mol. The van der Waals surface area contributed by atoms with Gasteiger partial charge in [0.15, 0.2) is 0 Å². The van der Waals surface area contributed by atoms with Crippen LogP contribution in [0.15, 0.2) is 17.5 Å². The number of thioether (sulfide) groups is 1. The predicted molar refractivity (Wildman–Crippen MR) is 76.8 cm³/mol. The molecule has 0 aliphatic heterocycles. The summed E-state index contributed by atoms with van der Waals surface area (Å²) in [6, 6.07) is 4.75. The van der Waals surface area contributed by atoms with Gasteiger partial charge in [0.1, 0.15) is 0 Å². The lowest BCUT2D eigenvalue weighted by Gasteiger charge is -2.26. The fourth-order valence-corrected chi connectivity index (χ4v) is 3.71. The average molecular weight is 271 g/mol. The van der Waals surface area contributed by atoms with E-state index in [1.54, 1.807) is 11.8 Å². The normalized spacial score (nSPS) is 21.1. The lowest BCUT2D eigenvalue weighted by molar-refractivity contribution is 0.0805. The quantitative estimate of drug-likeness (QED) is 0.800. The molecule has 0 radical (unpaired) electrons. The Bertz CT molecular complexity index is 333. The zero-order valence-electron chi connectivity index (χ0n) is 10.5. The number of hydrogen-bond acceptors (Lipinski definition) is 4. The number of nitrogens with one attached hydrogen (secondary N) is 1. The van der Waals surface area contributed by atoms with Crippen molar-refractivity contribution in [3.63, 3.8) is 0 Å². The standard InChI is InChI=1S/C13H21NOS2/c1-13(15,9-16-2)8-14-12(10-5-6-10)11-4-3-7-17-11/h3-4,7,10,12,14-15H,5-6,8-9H2,1-2H3. The first-order valence-corrected chi connectivity index (χ1v) is 8.38. The molecule has 2 nitrogen and oxygen atoms in total. The van der Waals surface area contributed by atoms with Gasteiger partial charge in [-0.15, -0.1) is 11.3 Å². The van der Waals surface area contributed by atoms with Crippen LogP contribution in [0.2, 0.25) is 0 Å². The van der Waals surface area contributed by atoms with Gasteiger partial charge in [0.05, 0.1) is 5.60 Å². The maximum atomic E-state index is 10.2. The second-order valence-corrected chi connectivity index (χ2v) is 6.99. The number of thiophene rings is 1. The predicted octanol–water partition coefficient (Wildman–Crippen LogP) is 2.90. The van der Waals surface area contributed by atoms with E-state index in [9.17, 15) is 5.11 Å². The Balaban J connectivity index is 1.91. The van der Waals surface area contributed by atoms with Crippen molar-refractivity contribution in [2.75, 3.05) is 18.6 Å². The molecule has 0 amide bonds. The Kier molecular flexibility index (Phi) is 4.53. The molecule has 17 heavy (non-hydrogen) atoms. The molecule has 2 N–H and O–H groups in total. The number of rotatable bonds is 7. The van der Waals surface area contributed by atoms with Gasteiger partial charge in [-0.25, -0.2) is 0 Å². The van der Waals surface area contributed by atoms with Gasteiger partial charge in [0.25, 0.3) is 0 Å². The Morgan fingerprint density at radius 2 is 2.41 bits per heavy atom. The van der Waals surface area contributed by atoms with E-state index in [0.29, 0.717) is 12.6 Å². The first-order chi connectivity index (χ1) is 8.12. The molecule has 2 rings (SSSR count). The molecule has 2 unspecified atom stereocenters. The van der Waals surface area contributed by atoms with Crippen LogP contribution in [-0.4, -0.2) is 29.3 Å². The van der Waals surface area contributed by atoms with Crippen molar-refractivity contribution in [3.05, 3.63) is 22.4 Å². The first kappa shape index (κ1) is 13.4. The molecule has 1 saturated carbocycles. The van der Waals surface area contributed by atoms with E-state index in [0.717, 1.165) is 11.7 Å². The first-order valence-electron chi connectivity index (χ1n) is 6.10. The highest BCUT2D eigenvalue weighted by Gasteiger charge is 2.34. The van der Waals surface area contributed by atoms with Crippen molar-refractivity contribution >= 4 is 23.1 Å². The van der Waals surface area contributed by atoms with E-state index in [4.69, 9.17) is 0 Å². The minimum atomic E-state index is -0.607. The van der Waals surface area contributed by atoms with Crippen molar-refractivity contribution in [1.82, 2.24) is 5.32 Å². The summed E-state index contributed by atoms with van der Waals surface area (Å²) in [4.78, 5) is 1.41. The van der Waals surface area contributed by atoms with Crippen LogP contribution in [0.3, 0.4) is 0 Å². The summed E-state index contributed by atoms with van der Waals surface area (Å²) >= 11 is 3.51. The summed E-state index contributed by atoms with van der Waals surface area (Å²) in [5, 5.41) is 15.9. The lowest BCUT2D eigenvalue weighted by atomic mass is 10.1. The summed E-state index contributed by atoms with van der Waals surface area (Å²) in [5.74, 6) is 1.56. The van der Waals surface area contributed by atoms with Crippen LogP contribution in [0, 0.1) is 5.92 Å². The molecule has 4 heteroatoms. The molecule has 1 aromatic heterocycles. The van der Waals surface area contributed by atoms with Crippen LogP contribution in [0.25, 0.3) is 0 Å². The van der Waals surface area contributed by atoms with Gasteiger partial charge in [-0.2, -0.15) is 11.8 Å². The Hall–Kier alpha value is -0.0300. The highest BCUT2D eigenvalue weighted by atomic mass is 32.2. The topological polar surface area (TPSA) is 32.3 Å². The minimum Gasteiger partial charge on any atom is -0.388 e. The van der Waals surface area contributed by atoms with Crippen molar-refractivity contribution in [1.29, 1.82) is 0 Å². The minimum absolute atomic E-state index is 0.448. The highest BCUT2D eigenvalue weighted by Crippen LogP contribution is 2.42. The van der Waals surface area contributed by atoms with Crippen LogP contribution in [0.5, 0.6) is 0 Å². The molecule has 2 atom stereocenters. The SMILES string of the molecule is CSCC(C)(O)CNC(c1cccs1)C1CC1. The van der Waals surface area contributed by atoms with Crippen LogP contribution >= 0.6 is 23.1 Å². The second-order valence-electron chi connectivity index (χ2n) is 5.14. The van der Waals surface area contributed by atoms with Gasteiger partial charge in [-0.3, -0.25) is 0 Å². The molecule has 1 aromatic rings. The van der Waals surface area contributed by atoms with E-state index >= 15 is 0 Å². The molecule has 1 heterocycles. The van der Waals surface area contributed by atoms with Crippen LogP contribution < -0.4 is 5.32 Å². The van der Waals surface area contributed by atoms with E-state index in [1.165, 1.54) is 17.7 Å². The molecule has 1 aliphatic carbocycles. The molecule has 0 aromatic carbocycles. The fraction of sp³-hybridized carbons (Fsp3) is 0.692. The molecule has 0 saturated heterocycles. The van der Waals surface area contributed by atoms with Gasteiger partial charge in [0, 0.05) is 23.2 Å². The molecular formula is C13H21NOS2. The Morgan fingerprint density at radius 1 is 1.65 bits per heavy atom. The monoisotopic (exact) mass is 271 g/mol. The van der Waals surface area contributed by atoms with Crippen molar-refractivity contribution < 1.29 is 5.11 Å². The summed E-state index contributed by atoms with van der Waals surface area (Å²) in [6.07, 6.45) is 4.67. The summed E-state index contributed by atoms with van der Waals surface area (Å²) in [5.41, 5.74) is -0.607. The Labute approximate surface area is 112 Å². The highest BCUT2D eigenvalue weighted by molar-refractivity contribution is 7.98.